The maximum absolute atomic E-state index is 5.61. The molecule has 0 bridgehead atoms. The highest BCUT2D eigenvalue weighted by atomic mass is 32.2. The number of hydrogen-bond donors (Lipinski definition) is 0. The Hall–Kier alpha value is -1.60. The molecule has 0 aliphatic heterocycles. The summed E-state index contributed by atoms with van der Waals surface area (Å²) in [6, 6.07) is 7.67. The van der Waals surface area contributed by atoms with E-state index in [1.165, 1.54) is 0 Å². The molecule has 0 amide bonds. The van der Waals surface area contributed by atoms with E-state index in [0.717, 1.165) is 35.4 Å². The van der Waals surface area contributed by atoms with E-state index < -0.39 is 0 Å². The van der Waals surface area contributed by atoms with E-state index >= 15 is 0 Å². The average molecular weight is 322 g/mol. The lowest BCUT2D eigenvalue weighted by Gasteiger charge is -2.09. The second-order valence-corrected chi connectivity index (χ2v) is 6.25. The van der Waals surface area contributed by atoms with Crippen molar-refractivity contribution in [2.45, 2.75) is 25.4 Å². The fourth-order valence-corrected chi connectivity index (χ4v) is 2.57. The van der Waals surface area contributed by atoms with E-state index in [-0.39, 0.29) is 0 Å². The van der Waals surface area contributed by atoms with Crippen molar-refractivity contribution in [3.8, 4) is 11.4 Å². The summed E-state index contributed by atoms with van der Waals surface area (Å²) in [6.07, 6.45) is 1.09. The van der Waals surface area contributed by atoms with Gasteiger partial charge in [-0.3, -0.25) is 0 Å². The van der Waals surface area contributed by atoms with E-state index in [9.17, 15) is 0 Å². The predicted molar refractivity (Wildman–Crippen MR) is 86.7 cm³/mol. The van der Waals surface area contributed by atoms with Crippen LogP contribution in [0.4, 0.5) is 0 Å². The van der Waals surface area contributed by atoms with Crippen LogP contribution in [0.1, 0.15) is 20.3 Å². The van der Waals surface area contributed by atoms with Crippen molar-refractivity contribution in [2.75, 3.05) is 26.1 Å². The minimum Gasteiger partial charge on any atom is -0.494 e. The Bertz CT molecular complexity index is 574. The average Bonchev–Trinajstić information content (AvgIpc) is 2.98. The topological polar surface area (TPSA) is 62.1 Å². The molecule has 1 heterocycles. The quantitative estimate of drug-likeness (QED) is 0.522. The van der Waals surface area contributed by atoms with Gasteiger partial charge in [-0.1, -0.05) is 37.7 Å². The number of thioether (sulfide) groups is 1. The molecule has 22 heavy (non-hydrogen) atoms. The van der Waals surface area contributed by atoms with E-state index in [1.807, 2.05) is 24.3 Å². The van der Waals surface area contributed by atoms with Crippen molar-refractivity contribution in [1.29, 1.82) is 0 Å². The van der Waals surface area contributed by atoms with E-state index in [1.54, 1.807) is 23.6 Å². The highest BCUT2D eigenvalue weighted by Crippen LogP contribution is 2.25. The van der Waals surface area contributed by atoms with Gasteiger partial charge < -0.3 is 9.47 Å². The lowest BCUT2D eigenvalue weighted by molar-refractivity contribution is 0.138. The molecule has 0 atom stereocenters. The van der Waals surface area contributed by atoms with Gasteiger partial charge in [-0.05, 0) is 34.9 Å². The predicted octanol–water partition coefficient (Wildman–Crippen LogP) is 2.83. The maximum Gasteiger partial charge on any atom is 0.214 e. The van der Waals surface area contributed by atoms with Gasteiger partial charge in [-0.15, -0.1) is 5.10 Å². The molecule has 7 heteroatoms. The highest BCUT2D eigenvalue weighted by molar-refractivity contribution is 7.99. The number of methoxy groups -OCH3 is 1. The van der Waals surface area contributed by atoms with Gasteiger partial charge in [0.25, 0.3) is 0 Å². The molecular formula is C15H22N4O2S. The van der Waals surface area contributed by atoms with Crippen LogP contribution in [-0.2, 0) is 4.74 Å². The zero-order valence-corrected chi connectivity index (χ0v) is 14.0. The molecule has 0 fully saturated rings. The smallest absolute Gasteiger partial charge is 0.214 e. The molecule has 0 saturated heterocycles. The first kappa shape index (κ1) is 16.8. The molecular weight excluding hydrogens is 300 g/mol. The largest absolute Gasteiger partial charge is 0.494 e. The summed E-state index contributed by atoms with van der Waals surface area (Å²) in [7, 11) is 1.64. The van der Waals surface area contributed by atoms with Gasteiger partial charge in [-0.2, -0.15) is 4.68 Å². The Morgan fingerprint density at radius 3 is 2.82 bits per heavy atom. The highest BCUT2D eigenvalue weighted by Gasteiger charge is 2.12. The Morgan fingerprint density at radius 1 is 1.23 bits per heavy atom. The fourth-order valence-electron chi connectivity index (χ4n) is 1.84. The van der Waals surface area contributed by atoms with E-state index in [2.05, 4.69) is 29.4 Å². The molecule has 120 valence electrons. The van der Waals surface area contributed by atoms with Crippen LogP contribution in [0.2, 0.25) is 0 Å². The number of benzene rings is 1. The van der Waals surface area contributed by atoms with Crippen LogP contribution in [0.5, 0.6) is 5.75 Å². The molecule has 0 N–H and O–H groups in total. The molecule has 6 nitrogen and oxygen atoms in total. The van der Waals surface area contributed by atoms with Crippen LogP contribution in [0.3, 0.4) is 0 Å². The minimum atomic E-state index is 0.672. The summed E-state index contributed by atoms with van der Waals surface area (Å²) < 4.78 is 12.7. The second kappa shape index (κ2) is 8.75. The molecule has 0 saturated carbocycles. The molecule has 2 rings (SSSR count). The van der Waals surface area contributed by atoms with Gasteiger partial charge in [-0.25, -0.2) is 0 Å². The SMILES string of the molecule is COc1ccccc1-n1nnnc1SCCOCCC(C)C. The van der Waals surface area contributed by atoms with Crippen molar-refractivity contribution in [2.24, 2.45) is 5.92 Å². The van der Waals surface area contributed by atoms with Crippen LogP contribution >= 0.6 is 11.8 Å². The molecule has 2 aromatic rings. The van der Waals surface area contributed by atoms with Crippen LogP contribution < -0.4 is 4.74 Å². The summed E-state index contributed by atoms with van der Waals surface area (Å²) in [6.45, 7) is 5.88. The lowest BCUT2D eigenvalue weighted by Crippen LogP contribution is -2.04. The third kappa shape index (κ3) is 4.71. The van der Waals surface area contributed by atoms with Crippen LogP contribution in [0, 0.1) is 5.92 Å². The van der Waals surface area contributed by atoms with E-state index in [0.29, 0.717) is 12.5 Å². The number of nitrogens with zero attached hydrogens (tertiary/aromatic N) is 4. The van der Waals surface area contributed by atoms with Gasteiger partial charge in [0.1, 0.15) is 11.4 Å². The summed E-state index contributed by atoms with van der Waals surface area (Å²) >= 11 is 1.57. The fraction of sp³-hybridized carbons (Fsp3) is 0.533. The summed E-state index contributed by atoms with van der Waals surface area (Å²) in [5, 5.41) is 12.6. The van der Waals surface area contributed by atoms with Crippen LogP contribution in [0.25, 0.3) is 5.69 Å². The van der Waals surface area contributed by atoms with E-state index in [4.69, 9.17) is 9.47 Å². The first-order chi connectivity index (χ1) is 10.7. The molecule has 1 aromatic carbocycles. The monoisotopic (exact) mass is 322 g/mol. The number of rotatable bonds is 9. The Balaban J connectivity index is 1.90. The summed E-state index contributed by atoms with van der Waals surface area (Å²) in [4.78, 5) is 0. The molecule has 0 radical (unpaired) electrons. The molecule has 1 aromatic heterocycles. The first-order valence-corrected chi connectivity index (χ1v) is 8.33. The van der Waals surface area contributed by atoms with Crippen LogP contribution in [0.15, 0.2) is 29.4 Å². The first-order valence-electron chi connectivity index (χ1n) is 7.34. The second-order valence-electron chi connectivity index (χ2n) is 5.19. The lowest BCUT2D eigenvalue weighted by atomic mass is 10.1. The van der Waals surface area contributed by atoms with Gasteiger partial charge in [0.05, 0.1) is 13.7 Å². The zero-order valence-electron chi connectivity index (χ0n) is 13.2. The molecule has 0 aliphatic carbocycles. The number of ether oxygens (including phenoxy) is 2. The molecule has 0 spiro atoms. The van der Waals surface area contributed by atoms with Crippen molar-refractivity contribution < 1.29 is 9.47 Å². The minimum absolute atomic E-state index is 0.672. The molecule has 0 aliphatic rings. The Labute approximate surface area is 135 Å². The third-order valence-electron chi connectivity index (χ3n) is 3.05. The zero-order chi connectivity index (χ0) is 15.8. The summed E-state index contributed by atoms with van der Waals surface area (Å²) in [5.41, 5.74) is 0.832. The van der Waals surface area contributed by atoms with Crippen molar-refractivity contribution >= 4 is 11.8 Å². The Kier molecular flexibility index (Phi) is 6.67. The number of tetrazole rings is 1. The number of hydrogen-bond acceptors (Lipinski definition) is 6. The van der Waals surface area contributed by atoms with Crippen LogP contribution in [-0.4, -0.2) is 46.3 Å². The normalized spacial score (nSPS) is 11.1. The van der Waals surface area contributed by atoms with Gasteiger partial charge in [0, 0.05) is 12.4 Å². The maximum atomic E-state index is 5.61. The summed E-state index contributed by atoms with van der Waals surface area (Å²) in [5.74, 6) is 2.23. The van der Waals surface area contributed by atoms with Crippen molar-refractivity contribution in [3.63, 3.8) is 0 Å². The van der Waals surface area contributed by atoms with Gasteiger partial charge in [0.15, 0.2) is 0 Å². The van der Waals surface area contributed by atoms with Crippen molar-refractivity contribution in [3.05, 3.63) is 24.3 Å². The number of para-hydroxylation sites is 2. The van der Waals surface area contributed by atoms with Gasteiger partial charge in [0.2, 0.25) is 5.16 Å². The standard InChI is InChI=1S/C15H22N4O2S/c1-12(2)8-9-21-10-11-22-15-16-17-18-19(15)13-6-4-5-7-14(13)20-3/h4-7,12H,8-11H2,1-3H3. The molecule has 0 unspecified atom stereocenters. The number of aromatic nitrogens is 4. The van der Waals surface area contributed by atoms with Crippen molar-refractivity contribution in [1.82, 2.24) is 20.2 Å². The van der Waals surface area contributed by atoms with Gasteiger partial charge >= 0.3 is 0 Å². The third-order valence-corrected chi connectivity index (χ3v) is 3.94. The Morgan fingerprint density at radius 2 is 2.05 bits per heavy atom.